The molecule has 1 aliphatic heterocycles. The van der Waals surface area contributed by atoms with Crippen molar-refractivity contribution in [2.75, 3.05) is 6.54 Å². The topological polar surface area (TPSA) is 60.4 Å². The standard InChI is InChI=1S/C13H23NO3.K/c1-2-3-4-5-6-9-12(15)14-10-7-8-11(14)13(16)17;/h11H,2-10H2,1H3,(H,16,17);/q;+1/p-1/t11-;/m0./s1. The van der Waals surface area contributed by atoms with Crippen molar-refractivity contribution in [3.63, 3.8) is 0 Å². The van der Waals surface area contributed by atoms with Gasteiger partial charge in [0.1, 0.15) is 0 Å². The van der Waals surface area contributed by atoms with Crippen molar-refractivity contribution in [2.24, 2.45) is 0 Å². The zero-order valence-electron chi connectivity index (χ0n) is 11.6. The number of carbonyl (C=O) groups is 2. The second-order valence-electron chi connectivity index (χ2n) is 4.73. The normalized spacial score (nSPS) is 18.5. The van der Waals surface area contributed by atoms with Gasteiger partial charge in [0.2, 0.25) is 5.91 Å². The second kappa shape index (κ2) is 10.4. The Hall–Kier alpha value is 0.576. The van der Waals surface area contributed by atoms with Gasteiger partial charge in [0.25, 0.3) is 0 Å². The van der Waals surface area contributed by atoms with Gasteiger partial charge in [0.05, 0.1) is 12.0 Å². The third-order valence-corrected chi connectivity index (χ3v) is 3.34. The molecule has 0 N–H and O–H groups in total. The largest absolute Gasteiger partial charge is 1.00 e. The van der Waals surface area contributed by atoms with E-state index in [9.17, 15) is 14.7 Å². The minimum absolute atomic E-state index is 0. The third kappa shape index (κ3) is 6.15. The van der Waals surface area contributed by atoms with E-state index in [2.05, 4.69) is 6.92 Å². The Morgan fingerprint density at radius 3 is 2.50 bits per heavy atom. The number of nitrogens with zero attached hydrogens (tertiary/aromatic N) is 1. The maximum Gasteiger partial charge on any atom is 1.00 e. The number of hydrogen-bond donors (Lipinski definition) is 0. The predicted molar refractivity (Wildman–Crippen MR) is 63.1 cm³/mol. The molecule has 0 aromatic rings. The predicted octanol–water partition coefficient (Wildman–Crippen LogP) is -1.91. The number of unbranched alkanes of at least 4 members (excludes halogenated alkanes) is 4. The fraction of sp³-hybridized carbons (Fsp3) is 0.846. The molecule has 0 radical (unpaired) electrons. The van der Waals surface area contributed by atoms with Crippen molar-refractivity contribution in [1.82, 2.24) is 4.90 Å². The number of amides is 1. The van der Waals surface area contributed by atoms with Crippen molar-refractivity contribution < 1.29 is 66.1 Å². The second-order valence-corrected chi connectivity index (χ2v) is 4.73. The summed E-state index contributed by atoms with van der Waals surface area (Å²) in [5, 5.41) is 10.8. The number of carboxylic acid groups (broad SMARTS) is 1. The van der Waals surface area contributed by atoms with Gasteiger partial charge in [0.15, 0.2) is 0 Å². The first-order chi connectivity index (χ1) is 8.16. The first-order valence-corrected chi connectivity index (χ1v) is 6.67. The van der Waals surface area contributed by atoms with Gasteiger partial charge < -0.3 is 14.8 Å². The van der Waals surface area contributed by atoms with Crippen molar-refractivity contribution >= 4 is 11.9 Å². The van der Waals surface area contributed by atoms with Crippen LogP contribution >= 0.6 is 0 Å². The summed E-state index contributed by atoms with van der Waals surface area (Å²) in [6.07, 6.45) is 7.29. The molecule has 0 unspecified atom stereocenters. The van der Waals surface area contributed by atoms with Crippen LogP contribution in [0.1, 0.15) is 58.3 Å². The number of carbonyl (C=O) groups excluding carboxylic acids is 2. The van der Waals surface area contributed by atoms with Crippen molar-refractivity contribution in [3.8, 4) is 0 Å². The van der Waals surface area contributed by atoms with Gasteiger partial charge in [0, 0.05) is 13.0 Å². The van der Waals surface area contributed by atoms with Crippen LogP contribution in [0.5, 0.6) is 0 Å². The molecular formula is C13H22KNO3. The van der Waals surface area contributed by atoms with Gasteiger partial charge in [-0.2, -0.15) is 0 Å². The molecule has 5 heteroatoms. The number of hydrogen-bond acceptors (Lipinski definition) is 3. The first kappa shape index (κ1) is 18.6. The van der Waals surface area contributed by atoms with Crippen LogP contribution in [-0.4, -0.2) is 29.4 Å². The van der Waals surface area contributed by atoms with E-state index >= 15 is 0 Å². The molecule has 0 aliphatic carbocycles. The summed E-state index contributed by atoms with van der Waals surface area (Å²) >= 11 is 0. The van der Waals surface area contributed by atoms with Crippen LogP contribution in [0.3, 0.4) is 0 Å². The van der Waals surface area contributed by atoms with Gasteiger partial charge >= 0.3 is 51.4 Å². The van der Waals surface area contributed by atoms with Crippen LogP contribution in [0.2, 0.25) is 0 Å². The SMILES string of the molecule is CCCCCCCC(=O)N1CCC[C@H]1C(=O)[O-].[K+]. The molecule has 0 aromatic heterocycles. The Morgan fingerprint density at radius 1 is 1.22 bits per heavy atom. The molecule has 1 aliphatic rings. The molecule has 1 fully saturated rings. The molecular weight excluding hydrogens is 257 g/mol. The van der Waals surface area contributed by atoms with Gasteiger partial charge in [-0.1, -0.05) is 32.6 Å². The molecule has 0 spiro atoms. The third-order valence-electron chi connectivity index (χ3n) is 3.34. The van der Waals surface area contributed by atoms with E-state index in [1.165, 1.54) is 17.7 Å². The summed E-state index contributed by atoms with van der Waals surface area (Å²) in [5.74, 6) is -1.13. The quantitative estimate of drug-likeness (QED) is 0.404. The Labute approximate surface area is 152 Å². The van der Waals surface area contributed by atoms with E-state index in [4.69, 9.17) is 0 Å². The van der Waals surface area contributed by atoms with Gasteiger partial charge in [-0.05, 0) is 19.3 Å². The number of likely N-dealkylation sites (tertiary alicyclic amines) is 1. The smallest absolute Gasteiger partial charge is 0.548 e. The van der Waals surface area contributed by atoms with E-state index in [0.717, 1.165) is 25.7 Å². The average molecular weight is 279 g/mol. The Kier molecular flexibility index (Phi) is 10.7. The molecule has 1 heterocycles. The van der Waals surface area contributed by atoms with E-state index in [-0.39, 0.29) is 57.3 Å². The maximum absolute atomic E-state index is 11.8. The van der Waals surface area contributed by atoms with E-state index in [1.54, 1.807) is 0 Å². The number of rotatable bonds is 7. The van der Waals surface area contributed by atoms with E-state index in [1.807, 2.05) is 0 Å². The van der Waals surface area contributed by atoms with Crippen molar-refractivity contribution in [2.45, 2.75) is 64.3 Å². The minimum atomic E-state index is -1.11. The molecule has 1 saturated heterocycles. The minimum Gasteiger partial charge on any atom is -0.548 e. The van der Waals surface area contributed by atoms with Crippen LogP contribution in [-0.2, 0) is 9.59 Å². The van der Waals surface area contributed by atoms with Crippen molar-refractivity contribution in [3.05, 3.63) is 0 Å². The molecule has 0 saturated carbocycles. The van der Waals surface area contributed by atoms with Crippen LogP contribution < -0.4 is 56.5 Å². The fourth-order valence-corrected chi connectivity index (χ4v) is 2.33. The molecule has 98 valence electrons. The summed E-state index contributed by atoms with van der Waals surface area (Å²) in [5.41, 5.74) is 0. The van der Waals surface area contributed by atoms with E-state index < -0.39 is 12.0 Å². The Balaban J connectivity index is 0.00000289. The molecule has 1 amide bonds. The van der Waals surface area contributed by atoms with Gasteiger partial charge in [-0.3, -0.25) is 4.79 Å². The molecule has 0 aromatic carbocycles. The molecule has 0 bridgehead atoms. The van der Waals surface area contributed by atoms with Crippen molar-refractivity contribution in [1.29, 1.82) is 0 Å². The van der Waals surface area contributed by atoms with Crippen LogP contribution in [0.15, 0.2) is 0 Å². The van der Waals surface area contributed by atoms with Crippen LogP contribution in [0.4, 0.5) is 0 Å². The van der Waals surface area contributed by atoms with Gasteiger partial charge in [-0.15, -0.1) is 0 Å². The summed E-state index contributed by atoms with van der Waals surface area (Å²) in [7, 11) is 0. The molecule has 4 nitrogen and oxygen atoms in total. The maximum atomic E-state index is 11.8. The van der Waals surface area contributed by atoms with Crippen LogP contribution in [0.25, 0.3) is 0 Å². The number of aliphatic carboxylic acids is 1. The van der Waals surface area contributed by atoms with Gasteiger partial charge in [-0.25, -0.2) is 0 Å². The average Bonchev–Trinajstić information content (AvgIpc) is 2.77. The number of carboxylic acids is 1. The zero-order chi connectivity index (χ0) is 12.7. The monoisotopic (exact) mass is 279 g/mol. The summed E-state index contributed by atoms with van der Waals surface area (Å²) < 4.78 is 0. The fourth-order valence-electron chi connectivity index (χ4n) is 2.33. The molecule has 1 rings (SSSR count). The Morgan fingerprint density at radius 2 is 1.89 bits per heavy atom. The molecule has 1 atom stereocenters. The summed E-state index contributed by atoms with van der Waals surface area (Å²) in [6, 6.07) is -0.682. The first-order valence-electron chi connectivity index (χ1n) is 6.67. The summed E-state index contributed by atoms with van der Waals surface area (Å²) in [4.78, 5) is 24.1. The Bertz CT molecular complexity index is 271. The summed E-state index contributed by atoms with van der Waals surface area (Å²) in [6.45, 7) is 2.73. The molecule has 18 heavy (non-hydrogen) atoms. The van der Waals surface area contributed by atoms with Crippen LogP contribution in [0, 0.1) is 0 Å². The van der Waals surface area contributed by atoms with E-state index in [0.29, 0.717) is 19.4 Å². The zero-order valence-corrected chi connectivity index (χ0v) is 14.7.